The monoisotopic (exact) mass is 369 g/mol. The van der Waals surface area contributed by atoms with Crippen LogP contribution in [0.1, 0.15) is 37.4 Å². The second kappa shape index (κ2) is 5.51. The lowest BCUT2D eigenvalue weighted by Gasteiger charge is -2.15. The van der Waals surface area contributed by atoms with Crippen molar-refractivity contribution in [1.82, 2.24) is 14.6 Å². The van der Waals surface area contributed by atoms with Crippen LogP contribution in [0.4, 0.5) is 5.69 Å². The molecule has 0 unspecified atom stereocenters. The molecule has 0 aromatic carbocycles. The number of nitrogens with zero attached hydrogens (tertiary/aromatic N) is 4. The number of nitrogens with one attached hydrogen (secondary N) is 1. The van der Waals surface area contributed by atoms with Gasteiger partial charge in [-0.1, -0.05) is 0 Å². The summed E-state index contributed by atoms with van der Waals surface area (Å²) in [5.74, 6) is 0.864. The molecule has 0 atom stereocenters. The van der Waals surface area contributed by atoms with Gasteiger partial charge in [0.2, 0.25) is 5.91 Å². The summed E-state index contributed by atoms with van der Waals surface area (Å²) in [6.07, 6.45) is 5.54. The van der Waals surface area contributed by atoms with Crippen molar-refractivity contribution in [1.29, 1.82) is 0 Å². The topological polar surface area (TPSA) is 80.1 Å². The first-order valence-corrected chi connectivity index (χ1v) is 9.68. The van der Waals surface area contributed by atoms with Crippen molar-refractivity contribution in [3.8, 4) is 0 Å². The standard InChI is InChI=1S/C18H19N5O2S/c1-22(2)11-7-8-19-17-12(11)13-14(26-17)18(25)23(15(20-13)9-3-4-9)21-16(24)10-5-6-10/h7-10H,3-6H2,1-2H3,(H,21,24). The Morgan fingerprint density at radius 2 is 2.08 bits per heavy atom. The van der Waals surface area contributed by atoms with E-state index in [0.717, 1.165) is 41.6 Å². The molecule has 1 N–H and O–H groups in total. The Morgan fingerprint density at radius 3 is 2.73 bits per heavy atom. The van der Waals surface area contributed by atoms with Crippen molar-refractivity contribution in [2.24, 2.45) is 5.92 Å². The van der Waals surface area contributed by atoms with Gasteiger partial charge in [-0.05, 0) is 31.7 Å². The summed E-state index contributed by atoms with van der Waals surface area (Å²) in [7, 11) is 3.94. The van der Waals surface area contributed by atoms with E-state index in [2.05, 4.69) is 10.4 Å². The second-order valence-electron chi connectivity index (χ2n) is 7.32. The summed E-state index contributed by atoms with van der Waals surface area (Å²) >= 11 is 1.34. The van der Waals surface area contributed by atoms with Gasteiger partial charge in [0.05, 0.1) is 11.1 Å². The van der Waals surface area contributed by atoms with Gasteiger partial charge in [-0.2, -0.15) is 0 Å². The Kier molecular flexibility index (Phi) is 3.34. The molecule has 3 aromatic rings. The van der Waals surface area contributed by atoms with E-state index in [1.807, 2.05) is 25.1 Å². The van der Waals surface area contributed by atoms with Crippen LogP contribution in [-0.2, 0) is 4.79 Å². The molecule has 0 saturated heterocycles. The number of anilines is 1. The zero-order valence-electron chi connectivity index (χ0n) is 14.7. The molecule has 2 saturated carbocycles. The van der Waals surface area contributed by atoms with Crippen LogP contribution in [0, 0.1) is 5.92 Å². The molecule has 8 heteroatoms. The quantitative estimate of drug-likeness (QED) is 0.764. The van der Waals surface area contributed by atoms with Crippen LogP contribution >= 0.6 is 11.3 Å². The highest BCUT2D eigenvalue weighted by molar-refractivity contribution is 7.25. The van der Waals surface area contributed by atoms with Gasteiger partial charge in [0.15, 0.2) is 0 Å². The fraction of sp³-hybridized carbons (Fsp3) is 0.444. The summed E-state index contributed by atoms with van der Waals surface area (Å²) in [6, 6.07) is 1.94. The fourth-order valence-electron chi connectivity index (χ4n) is 3.26. The van der Waals surface area contributed by atoms with E-state index in [9.17, 15) is 9.59 Å². The summed E-state index contributed by atoms with van der Waals surface area (Å²) in [5.41, 5.74) is 4.31. The number of thiophene rings is 1. The number of hydrogen-bond donors (Lipinski definition) is 1. The third-order valence-electron chi connectivity index (χ3n) is 4.99. The molecule has 3 heterocycles. The van der Waals surface area contributed by atoms with Gasteiger partial charge in [-0.3, -0.25) is 15.0 Å². The Labute approximate surface area is 153 Å². The van der Waals surface area contributed by atoms with E-state index in [1.54, 1.807) is 6.20 Å². The molecule has 7 nitrogen and oxygen atoms in total. The van der Waals surface area contributed by atoms with Crippen molar-refractivity contribution < 1.29 is 4.79 Å². The van der Waals surface area contributed by atoms with Crippen LogP contribution in [0.3, 0.4) is 0 Å². The molecule has 0 aliphatic heterocycles. The van der Waals surface area contributed by atoms with Crippen LogP contribution in [0.2, 0.25) is 0 Å². The molecule has 2 aliphatic carbocycles. The lowest BCUT2D eigenvalue weighted by molar-refractivity contribution is -0.118. The zero-order chi connectivity index (χ0) is 18.0. The van der Waals surface area contributed by atoms with Crippen molar-refractivity contribution in [2.75, 3.05) is 24.4 Å². The summed E-state index contributed by atoms with van der Waals surface area (Å²) < 4.78 is 1.94. The maximum atomic E-state index is 13.2. The van der Waals surface area contributed by atoms with Gasteiger partial charge in [0, 0.05) is 32.1 Å². The van der Waals surface area contributed by atoms with Crippen LogP contribution < -0.4 is 15.9 Å². The first-order chi connectivity index (χ1) is 12.5. The number of fused-ring (bicyclic) bond motifs is 3. The summed E-state index contributed by atoms with van der Waals surface area (Å²) in [4.78, 5) is 37.5. The first kappa shape index (κ1) is 15.7. The van der Waals surface area contributed by atoms with Crippen molar-refractivity contribution in [2.45, 2.75) is 31.6 Å². The van der Waals surface area contributed by atoms with E-state index in [1.165, 1.54) is 16.0 Å². The third-order valence-corrected chi connectivity index (χ3v) is 6.07. The minimum absolute atomic E-state index is 0.0362. The highest BCUT2D eigenvalue weighted by Gasteiger charge is 2.34. The molecule has 1 amide bonds. The Bertz CT molecular complexity index is 1110. The molecular formula is C18H19N5O2S. The smallest absolute Gasteiger partial charge is 0.290 e. The van der Waals surface area contributed by atoms with Gasteiger partial charge >= 0.3 is 0 Å². The van der Waals surface area contributed by atoms with Crippen LogP contribution in [0.5, 0.6) is 0 Å². The average Bonchev–Trinajstić information content (AvgIpc) is 3.51. The maximum Gasteiger partial charge on any atom is 0.290 e. The van der Waals surface area contributed by atoms with Gasteiger partial charge in [0.25, 0.3) is 5.56 Å². The first-order valence-electron chi connectivity index (χ1n) is 8.87. The minimum atomic E-state index is -0.196. The summed E-state index contributed by atoms with van der Waals surface area (Å²) in [5, 5.41) is 0.914. The summed E-state index contributed by atoms with van der Waals surface area (Å²) in [6.45, 7) is 0. The highest BCUT2D eigenvalue weighted by atomic mass is 32.1. The number of aromatic nitrogens is 3. The molecule has 26 heavy (non-hydrogen) atoms. The molecule has 3 aromatic heterocycles. The van der Waals surface area contributed by atoms with Gasteiger partial charge in [0.1, 0.15) is 20.9 Å². The Balaban J connectivity index is 1.78. The third kappa shape index (κ3) is 2.39. The van der Waals surface area contributed by atoms with E-state index in [4.69, 9.17) is 4.98 Å². The lowest BCUT2D eigenvalue weighted by atomic mass is 10.2. The SMILES string of the molecule is CN(C)c1ccnc2sc3c(=O)n(NC(=O)C4CC4)c(C4CC4)nc3c12. The number of carbonyl (C=O) groups excluding carboxylic acids is 1. The van der Waals surface area contributed by atoms with Crippen LogP contribution in [0.15, 0.2) is 17.1 Å². The normalized spacial score (nSPS) is 17.0. The Hall–Kier alpha value is -2.48. The van der Waals surface area contributed by atoms with Crippen molar-refractivity contribution >= 4 is 43.4 Å². The van der Waals surface area contributed by atoms with E-state index in [-0.39, 0.29) is 23.3 Å². The number of carbonyl (C=O) groups is 1. The molecule has 2 aliphatic rings. The molecular weight excluding hydrogens is 350 g/mol. The Morgan fingerprint density at radius 1 is 1.31 bits per heavy atom. The number of pyridine rings is 1. The molecule has 134 valence electrons. The molecule has 5 rings (SSSR count). The second-order valence-corrected chi connectivity index (χ2v) is 8.32. The molecule has 2 fully saturated rings. The predicted octanol–water partition coefficient (Wildman–Crippen LogP) is 2.43. The van der Waals surface area contributed by atoms with Gasteiger partial charge in [-0.15, -0.1) is 11.3 Å². The highest BCUT2D eigenvalue weighted by Crippen LogP contribution is 2.41. The van der Waals surface area contributed by atoms with Gasteiger partial charge in [-0.25, -0.2) is 14.6 Å². The molecule has 0 spiro atoms. The maximum absolute atomic E-state index is 13.2. The average molecular weight is 369 g/mol. The molecule has 0 bridgehead atoms. The van der Waals surface area contributed by atoms with Gasteiger partial charge < -0.3 is 4.90 Å². The van der Waals surface area contributed by atoms with E-state index >= 15 is 0 Å². The number of hydrogen-bond acceptors (Lipinski definition) is 6. The fourth-order valence-corrected chi connectivity index (χ4v) is 4.29. The van der Waals surface area contributed by atoms with Crippen LogP contribution in [0.25, 0.3) is 20.4 Å². The van der Waals surface area contributed by atoms with E-state index in [0.29, 0.717) is 16.0 Å². The number of rotatable bonds is 4. The van der Waals surface area contributed by atoms with Crippen molar-refractivity contribution in [3.63, 3.8) is 0 Å². The lowest BCUT2D eigenvalue weighted by Crippen LogP contribution is -2.36. The van der Waals surface area contributed by atoms with Crippen LogP contribution in [-0.4, -0.2) is 34.6 Å². The zero-order valence-corrected chi connectivity index (χ0v) is 15.5. The van der Waals surface area contributed by atoms with Crippen molar-refractivity contribution in [3.05, 3.63) is 28.4 Å². The van der Waals surface area contributed by atoms with E-state index < -0.39 is 0 Å². The molecule has 0 radical (unpaired) electrons. The number of amides is 1. The minimum Gasteiger partial charge on any atom is -0.377 e. The largest absolute Gasteiger partial charge is 0.377 e. The predicted molar refractivity (Wildman–Crippen MR) is 103 cm³/mol.